The number of aromatic nitrogens is 2. The fourth-order valence-corrected chi connectivity index (χ4v) is 6.93. The Balaban J connectivity index is 1.53. The zero-order chi connectivity index (χ0) is 29.8. The molecule has 0 radical (unpaired) electrons. The molecule has 1 saturated carbocycles. The fraction of sp³-hybridized carbons (Fsp3) is 0.591. The van der Waals surface area contributed by atoms with Gasteiger partial charge in [-0.05, 0) is 18.4 Å². The fourth-order valence-electron chi connectivity index (χ4n) is 4.70. The number of hydrogen-bond acceptors (Lipinski definition) is 7. The van der Waals surface area contributed by atoms with Crippen molar-refractivity contribution in [1.82, 2.24) is 13.7 Å². The van der Waals surface area contributed by atoms with Crippen LogP contribution in [-0.2, 0) is 20.2 Å². The minimum Gasteiger partial charge on any atom is -0.344 e. The van der Waals surface area contributed by atoms with Crippen molar-refractivity contribution < 1.29 is 52.7 Å². The van der Waals surface area contributed by atoms with Gasteiger partial charge in [-0.2, -0.15) is 48.2 Å². The Kier molecular flexibility index (Phi) is 7.71. The van der Waals surface area contributed by atoms with Crippen LogP contribution in [0.4, 0.5) is 44.6 Å². The topological polar surface area (TPSA) is 83.5 Å². The Labute approximate surface area is 226 Å². The highest BCUT2D eigenvalue weighted by Gasteiger charge is 2.85. The number of halogens is 9. The maximum absolute atomic E-state index is 14.2. The third kappa shape index (κ3) is 4.74. The van der Waals surface area contributed by atoms with E-state index in [2.05, 4.69) is 9.36 Å². The molecule has 0 bridgehead atoms. The second kappa shape index (κ2) is 10.1. The summed E-state index contributed by atoms with van der Waals surface area (Å²) < 4.78 is 148. The molecule has 7 nitrogen and oxygen atoms in total. The first kappa shape index (κ1) is 30.5. The molecule has 0 unspecified atom stereocenters. The average Bonchev–Trinajstić information content (AvgIpc) is 3.40. The number of sulfonamides is 1. The molecule has 2 aromatic rings. The van der Waals surface area contributed by atoms with E-state index in [-0.39, 0.29) is 28.1 Å². The molecule has 2 aliphatic rings. The van der Waals surface area contributed by atoms with E-state index in [4.69, 9.17) is 0 Å². The van der Waals surface area contributed by atoms with Crippen LogP contribution in [0.1, 0.15) is 37.1 Å². The number of nitrogens with zero attached hydrogens (tertiary/aromatic N) is 4. The van der Waals surface area contributed by atoms with Gasteiger partial charge in [-0.25, -0.2) is 13.4 Å². The van der Waals surface area contributed by atoms with Crippen LogP contribution in [0.15, 0.2) is 30.3 Å². The van der Waals surface area contributed by atoms with Crippen molar-refractivity contribution in [2.45, 2.75) is 54.4 Å². The van der Waals surface area contributed by atoms with Gasteiger partial charge in [-0.3, -0.25) is 4.79 Å². The van der Waals surface area contributed by atoms with Crippen LogP contribution in [0.3, 0.4) is 0 Å². The zero-order valence-electron chi connectivity index (χ0n) is 20.3. The number of rotatable bonds is 7. The number of ketones is 1. The lowest BCUT2D eigenvalue weighted by Gasteiger charge is -2.38. The van der Waals surface area contributed by atoms with Crippen LogP contribution in [0, 0.1) is 0 Å². The molecule has 40 heavy (non-hydrogen) atoms. The van der Waals surface area contributed by atoms with Crippen LogP contribution in [0.5, 0.6) is 0 Å². The number of carbonyl (C=O) groups excluding carboxylic acids is 1. The second-order valence-corrected chi connectivity index (χ2v) is 12.2. The van der Waals surface area contributed by atoms with E-state index in [1.807, 2.05) is 30.3 Å². The molecular formula is C22H21F9N4O3S2. The molecule has 0 atom stereocenters. The quantitative estimate of drug-likeness (QED) is 0.410. The smallest absolute Gasteiger partial charge is 0.344 e. The molecule has 1 saturated heterocycles. The number of piperazine rings is 1. The van der Waals surface area contributed by atoms with Crippen molar-refractivity contribution in [2.75, 3.05) is 31.1 Å². The molecule has 1 aliphatic heterocycles. The summed E-state index contributed by atoms with van der Waals surface area (Å²) in [6.07, 6.45) is -5.72. The van der Waals surface area contributed by atoms with E-state index in [0.717, 1.165) is 17.1 Å². The summed E-state index contributed by atoms with van der Waals surface area (Å²) >= 11 is 0.888. The highest BCUT2D eigenvalue weighted by atomic mass is 32.2. The number of Topliss-reactive ketones (excluding diaryl/α,β-unsaturated/α-hetero) is 1. The summed E-state index contributed by atoms with van der Waals surface area (Å²) in [5, 5.41) is -6.54. The molecular weight excluding hydrogens is 603 g/mol. The summed E-state index contributed by atoms with van der Waals surface area (Å²) in [5.41, 5.74) is 0.161. The second-order valence-electron chi connectivity index (χ2n) is 9.44. The average molecular weight is 625 g/mol. The van der Waals surface area contributed by atoms with E-state index in [1.165, 1.54) is 4.90 Å². The molecule has 0 amide bonds. The summed E-state index contributed by atoms with van der Waals surface area (Å²) in [5.74, 6) is -14.1. The minimum atomic E-state index is -7.32. The SMILES string of the molecule is O=C1CCC(c2ccccc2)(c2nsc(N3CCN(S(=O)(=O)C(F)(F)C(F)(F)C(F)(F)C(F)(F)F)CC3)n2)CC1. The predicted molar refractivity (Wildman–Crippen MR) is 124 cm³/mol. The molecule has 0 N–H and O–H groups in total. The summed E-state index contributed by atoms with van der Waals surface area (Å²) in [7, 11) is -6.65. The lowest BCUT2D eigenvalue weighted by Crippen LogP contribution is -2.66. The molecule has 1 aliphatic carbocycles. The molecule has 18 heteroatoms. The van der Waals surface area contributed by atoms with Gasteiger partial charge in [0, 0.05) is 50.6 Å². The monoisotopic (exact) mass is 624 g/mol. The maximum atomic E-state index is 14.2. The third-order valence-electron chi connectivity index (χ3n) is 7.12. The van der Waals surface area contributed by atoms with Gasteiger partial charge in [-0.1, -0.05) is 30.3 Å². The number of anilines is 1. The van der Waals surface area contributed by atoms with Crippen molar-refractivity contribution >= 4 is 32.5 Å². The molecule has 1 aromatic heterocycles. The zero-order valence-corrected chi connectivity index (χ0v) is 21.9. The number of carbonyl (C=O) groups is 1. The maximum Gasteiger partial charge on any atom is 0.460 e. The van der Waals surface area contributed by atoms with Crippen molar-refractivity contribution in [3.63, 3.8) is 0 Å². The van der Waals surface area contributed by atoms with Crippen LogP contribution in [0.2, 0.25) is 0 Å². The first-order valence-electron chi connectivity index (χ1n) is 11.7. The number of alkyl halides is 9. The molecule has 1 aromatic carbocycles. The van der Waals surface area contributed by atoms with Crippen molar-refractivity contribution in [3.8, 4) is 0 Å². The van der Waals surface area contributed by atoms with Gasteiger partial charge in [0.05, 0.1) is 5.41 Å². The summed E-state index contributed by atoms with van der Waals surface area (Å²) in [6, 6.07) is 9.15. The first-order valence-corrected chi connectivity index (χ1v) is 14.0. The van der Waals surface area contributed by atoms with Gasteiger partial charge < -0.3 is 4.90 Å². The van der Waals surface area contributed by atoms with Gasteiger partial charge in [-0.15, -0.1) is 0 Å². The highest BCUT2D eigenvalue weighted by molar-refractivity contribution is 7.90. The Morgan fingerprint density at radius 1 is 0.825 bits per heavy atom. The minimum absolute atomic E-state index is 0.0784. The van der Waals surface area contributed by atoms with E-state index < -0.39 is 64.9 Å². The van der Waals surface area contributed by atoms with Crippen LogP contribution >= 0.6 is 11.5 Å². The van der Waals surface area contributed by atoms with Gasteiger partial charge in [0.15, 0.2) is 5.82 Å². The Hall–Kier alpha value is -2.47. The van der Waals surface area contributed by atoms with E-state index in [1.54, 1.807) is 0 Å². The lowest BCUT2D eigenvalue weighted by molar-refractivity contribution is -0.382. The number of hydrogen-bond donors (Lipinski definition) is 0. The number of benzene rings is 1. The molecule has 2 heterocycles. The Morgan fingerprint density at radius 3 is 1.90 bits per heavy atom. The Bertz CT molecular complexity index is 1330. The third-order valence-corrected chi connectivity index (χ3v) is 9.85. The van der Waals surface area contributed by atoms with Crippen LogP contribution in [-0.4, -0.2) is 77.3 Å². The predicted octanol–water partition coefficient (Wildman–Crippen LogP) is 4.84. The molecule has 0 spiro atoms. The van der Waals surface area contributed by atoms with Crippen molar-refractivity contribution in [2.24, 2.45) is 0 Å². The van der Waals surface area contributed by atoms with Gasteiger partial charge >= 0.3 is 23.3 Å². The van der Waals surface area contributed by atoms with Gasteiger partial charge in [0.2, 0.25) is 5.13 Å². The van der Waals surface area contributed by atoms with Gasteiger partial charge in [0.1, 0.15) is 5.78 Å². The van der Waals surface area contributed by atoms with E-state index >= 15 is 0 Å². The standard InChI is InChI=1S/C22H21F9N4O3S2/c23-19(24,21(27,28)29)20(25,26)22(30,31)40(37,38)35-12-10-34(11-13-35)17-32-16(33-39-17)18(8-6-15(36)7-9-18)14-4-2-1-3-5-14/h1-5H,6-13H2. The van der Waals surface area contributed by atoms with Crippen molar-refractivity contribution in [1.29, 1.82) is 0 Å². The molecule has 222 valence electrons. The van der Waals surface area contributed by atoms with Gasteiger partial charge in [0.25, 0.3) is 10.0 Å². The Morgan fingerprint density at radius 2 is 1.38 bits per heavy atom. The van der Waals surface area contributed by atoms with Crippen molar-refractivity contribution in [3.05, 3.63) is 41.7 Å². The van der Waals surface area contributed by atoms with Crippen LogP contribution < -0.4 is 4.90 Å². The lowest BCUT2D eigenvalue weighted by atomic mass is 9.68. The summed E-state index contributed by atoms with van der Waals surface area (Å²) in [4.78, 5) is 17.8. The largest absolute Gasteiger partial charge is 0.460 e. The normalized spacial score (nSPS) is 20.1. The molecule has 2 fully saturated rings. The van der Waals surface area contributed by atoms with E-state index in [9.17, 15) is 52.7 Å². The summed E-state index contributed by atoms with van der Waals surface area (Å²) in [6.45, 7) is -2.67. The van der Waals surface area contributed by atoms with Crippen LogP contribution in [0.25, 0.3) is 0 Å². The highest BCUT2D eigenvalue weighted by Crippen LogP contribution is 2.55. The molecule has 4 rings (SSSR count). The first-order chi connectivity index (χ1) is 18.4. The van der Waals surface area contributed by atoms with E-state index in [0.29, 0.717) is 18.7 Å².